The predicted octanol–water partition coefficient (Wildman–Crippen LogP) is 3.22. The van der Waals surface area contributed by atoms with E-state index in [2.05, 4.69) is 5.32 Å². The van der Waals surface area contributed by atoms with Crippen molar-refractivity contribution in [2.24, 2.45) is 0 Å². The van der Waals surface area contributed by atoms with Gasteiger partial charge in [-0.25, -0.2) is 0 Å². The second-order valence-electron chi connectivity index (χ2n) is 7.09. The Morgan fingerprint density at radius 2 is 2.03 bits per heavy atom. The molecule has 0 fully saturated rings. The minimum absolute atomic E-state index is 0.0735. The van der Waals surface area contributed by atoms with Crippen LogP contribution in [0.15, 0.2) is 41.3 Å². The zero-order valence-corrected chi connectivity index (χ0v) is 19.1. The molecule has 3 rings (SSSR count). The van der Waals surface area contributed by atoms with Crippen molar-refractivity contribution in [1.29, 1.82) is 0 Å². The Hall–Kier alpha value is -1.97. The Labute approximate surface area is 191 Å². The van der Waals surface area contributed by atoms with E-state index in [1.54, 1.807) is 36.8 Å². The normalized spacial score (nSPS) is 15.3. The van der Waals surface area contributed by atoms with Gasteiger partial charge in [-0.2, -0.15) is 0 Å². The lowest BCUT2D eigenvalue weighted by atomic mass is 10.1. The number of carbonyl (C=O) groups is 1. The Balaban J connectivity index is 1.79. The second kappa shape index (κ2) is 11.1. The number of fused-ring (bicyclic) bond motifs is 1. The van der Waals surface area contributed by atoms with Crippen LogP contribution in [0.1, 0.15) is 24.3 Å². The molecule has 0 aromatic heterocycles. The summed E-state index contributed by atoms with van der Waals surface area (Å²) in [7, 11) is 1.60. The summed E-state index contributed by atoms with van der Waals surface area (Å²) in [6, 6.07) is 10.7. The zero-order chi connectivity index (χ0) is 22.4. The number of carbonyl (C=O) groups excluding carboxylic acids is 1. The fourth-order valence-corrected chi connectivity index (χ4v) is 4.98. The number of aliphatic hydroxyl groups excluding tert-OH is 2. The first kappa shape index (κ1) is 23.7. The van der Waals surface area contributed by atoms with Crippen LogP contribution in [0.25, 0.3) is 0 Å². The smallest absolute Gasteiger partial charge is 0.225 e. The molecule has 2 aromatic rings. The SMILES string of the molecule is COc1ccc(OCCCNC(CO)CO)c(C2Sc3cc(Cl)ccc3N2C(C)=O)c1. The van der Waals surface area contributed by atoms with Crippen LogP contribution in [0.2, 0.25) is 5.02 Å². The van der Waals surface area contributed by atoms with Gasteiger partial charge in [-0.1, -0.05) is 23.4 Å². The molecule has 0 bridgehead atoms. The van der Waals surface area contributed by atoms with E-state index in [9.17, 15) is 4.79 Å². The van der Waals surface area contributed by atoms with Gasteiger partial charge in [-0.15, -0.1) is 0 Å². The van der Waals surface area contributed by atoms with Crippen molar-refractivity contribution in [1.82, 2.24) is 5.32 Å². The van der Waals surface area contributed by atoms with E-state index >= 15 is 0 Å². The second-order valence-corrected chi connectivity index (χ2v) is 8.65. The summed E-state index contributed by atoms with van der Waals surface area (Å²) in [5.74, 6) is 1.27. The van der Waals surface area contributed by atoms with Gasteiger partial charge in [0.2, 0.25) is 5.91 Å². The lowest BCUT2D eigenvalue weighted by Crippen LogP contribution is -2.36. The van der Waals surface area contributed by atoms with Crippen molar-refractivity contribution in [3.63, 3.8) is 0 Å². The number of hydrogen-bond donors (Lipinski definition) is 3. The molecule has 9 heteroatoms. The third-order valence-electron chi connectivity index (χ3n) is 4.93. The quantitative estimate of drug-likeness (QED) is 0.463. The highest BCUT2D eigenvalue weighted by molar-refractivity contribution is 8.00. The van der Waals surface area contributed by atoms with Crippen molar-refractivity contribution < 1.29 is 24.5 Å². The van der Waals surface area contributed by atoms with Crippen molar-refractivity contribution in [2.45, 2.75) is 29.7 Å². The lowest BCUT2D eigenvalue weighted by molar-refractivity contribution is -0.116. The molecule has 1 heterocycles. The van der Waals surface area contributed by atoms with E-state index in [0.29, 0.717) is 36.1 Å². The molecule has 0 saturated carbocycles. The number of aliphatic hydroxyl groups is 2. The van der Waals surface area contributed by atoms with E-state index in [4.69, 9.17) is 31.3 Å². The molecule has 168 valence electrons. The molecule has 1 unspecified atom stereocenters. The molecule has 3 N–H and O–H groups in total. The summed E-state index contributed by atoms with van der Waals surface area (Å²) >= 11 is 7.71. The first-order valence-electron chi connectivity index (χ1n) is 10.00. The fourth-order valence-electron chi connectivity index (χ4n) is 3.34. The first-order valence-corrected chi connectivity index (χ1v) is 11.3. The standard InChI is InChI=1S/C22H27ClN2O5S/c1-14(28)25-19-6-4-15(23)10-21(19)31-22(25)18-11-17(29-2)5-7-20(18)30-9-3-8-24-16(12-26)13-27/h4-7,10-11,16,22,24,26-27H,3,8-9,12-13H2,1-2H3. The summed E-state index contributed by atoms with van der Waals surface area (Å²) in [5, 5.41) is 21.6. The minimum atomic E-state index is -0.333. The van der Waals surface area contributed by atoms with Crippen molar-refractivity contribution >= 4 is 35.0 Å². The number of halogens is 1. The van der Waals surface area contributed by atoms with Gasteiger partial charge in [-0.3, -0.25) is 9.69 Å². The van der Waals surface area contributed by atoms with Gasteiger partial charge in [0.1, 0.15) is 16.9 Å². The third kappa shape index (κ3) is 5.64. The molecule has 0 radical (unpaired) electrons. The highest BCUT2D eigenvalue weighted by atomic mass is 35.5. The van der Waals surface area contributed by atoms with Crippen molar-refractivity contribution in [2.75, 3.05) is 38.4 Å². The zero-order valence-electron chi connectivity index (χ0n) is 17.5. The number of nitrogens with zero attached hydrogens (tertiary/aromatic N) is 1. The summed E-state index contributed by atoms with van der Waals surface area (Å²) in [6.07, 6.45) is 0.687. The molecule has 2 aromatic carbocycles. The van der Waals surface area contributed by atoms with E-state index in [-0.39, 0.29) is 30.5 Å². The van der Waals surface area contributed by atoms with Gasteiger partial charge < -0.3 is 25.0 Å². The monoisotopic (exact) mass is 466 g/mol. The molecule has 0 saturated heterocycles. The van der Waals surface area contributed by atoms with Crippen LogP contribution in [0.4, 0.5) is 5.69 Å². The predicted molar refractivity (Wildman–Crippen MR) is 122 cm³/mol. The van der Waals surface area contributed by atoms with E-state index < -0.39 is 0 Å². The number of nitrogens with one attached hydrogen (secondary N) is 1. The Morgan fingerprint density at radius 1 is 1.26 bits per heavy atom. The molecule has 1 atom stereocenters. The van der Waals surface area contributed by atoms with Gasteiger partial charge in [0.15, 0.2) is 0 Å². The number of ether oxygens (including phenoxy) is 2. The number of anilines is 1. The Bertz CT molecular complexity index is 909. The topological polar surface area (TPSA) is 91.3 Å². The maximum atomic E-state index is 12.5. The van der Waals surface area contributed by atoms with E-state index in [0.717, 1.165) is 16.1 Å². The lowest BCUT2D eigenvalue weighted by Gasteiger charge is -2.25. The van der Waals surface area contributed by atoms with Gasteiger partial charge in [0.05, 0.1) is 38.7 Å². The highest BCUT2D eigenvalue weighted by Crippen LogP contribution is 2.54. The number of thioether (sulfide) groups is 1. The molecular formula is C22H27ClN2O5S. The van der Waals surface area contributed by atoms with E-state index in [1.807, 2.05) is 30.3 Å². The number of rotatable bonds is 10. The number of hydrogen-bond acceptors (Lipinski definition) is 7. The van der Waals surface area contributed by atoms with Crippen molar-refractivity contribution in [3.05, 3.63) is 47.0 Å². The number of methoxy groups -OCH3 is 1. The number of benzene rings is 2. The molecule has 0 aliphatic carbocycles. The molecule has 1 aliphatic heterocycles. The molecule has 1 amide bonds. The van der Waals surface area contributed by atoms with Crippen molar-refractivity contribution in [3.8, 4) is 11.5 Å². The summed E-state index contributed by atoms with van der Waals surface area (Å²) in [5.41, 5.74) is 1.66. The van der Waals surface area contributed by atoms with Crippen LogP contribution < -0.4 is 19.7 Å². The van der Waals surface area contributed by atoms with Crippen LogP contribution in [-0.2, 0) is 4.79 Å². The maximum absolute atomic E-state index is 12.5. The fraction of sp³-hybridized carbons (Fsp3) is 0.409. The average Bonchev–Trinajstić information content (AvgIpc) is 3.15. The summed E-state index contributed by atoms with van der Waals surface area (Å²) in [4.78, 5) is 15.2. The maximum Gasteiger partial charge on any atom is 0.225 e. The number of amides is 1. The Kier molecular flexibility index (Phi) is 8.45. The van der Waals surface area contributed by atoms with Crippen LogP contribution >= 0.6 is 23.4 Å². The van der Waals surface area contributed by atoms with Gasteiger partial charge in [0.25, 0.3) is 0 Å². The van der Waals surface area contributed by atoms with Crippen LogP contribution in [-0.4, -0.2) is 55.6 Å². The first-order chi connectivity index (χ1) is 15.0. The summed E-state index contributed by atoms with van der Waals surface area (Å²) in [6.45, 7) is 2.34. The Morgan fingerprint density at radius 3 is 2.71 bits per heavy atom. The van der Waals surface area contributed by atoms with Gasteiger partial charge in [-0.05, 0) is 49.4 Å². The van der Waals surface area contributed by atoms with Crippen LogP contribution in [0, 0.1) is 0 Å². The van der Waals surface area contributed by atoms with Gasteiger partial charge >= 0.3 is 0 Å². The summed E-state index contributed by atoms with van der Waals surface area (Å²) < 4.78 is 11.5. The largest absolute Gasteiger partial charge is 0.497 e. The van der Waals surface area contributed by atoms with Gasteiger partial charge in [0, 0.05) is 22.4 Å². The third-order valence-corrected chi connectivity index (χ3v) is 6.43. The van der Waals surface area contributed by atoms with E-state index in [1.165, 1.54) is 0 Å². The molecular weight excluding hydrogens is 440 g/mol. The molecule has 0 spiro atoms. The molecule has 31 heavy (non-hydrogen) atoms. The van der Waals surface area contributed by atoms with Crippen LogP contribution in [0.5, 0.6) is 11.5 Å². The minimum Gasteiger partial charge on any atom is -0.497 e. The highest BCUT2D eigenvalue weighted by Gasteiger charge is 2.36. The molecule has 1 aliphatic rings. The average molecular weight is 467 g/mol. The van der Waals surface area contributed by atoms with Crippen LogP contribution in [0.3, 0.4) is 0 Å². The molecule has 7 nitrogen and oxygen atoms in total.